The van der Waals surface area contributed by atoms with Crippen molar-refractivity contribution in [3.8, 4) is 11.3 Å². The quantitative estimate of drug-likeness (QED) is 0.349. The molecule has 0 fully saturated rings. The van der Waals surface area contributed by atoms with E-state index in [4.69, 9.17) is 10.8 Å². The van der Waals surface area contributed by atoms with Crippen molar-refractivity contribution in [3.63, 3.8) is 0 Å². The van der Waals surface area contributed by atoms with Crippen molar-refractivity contribution in [2.75, 3.05) is 11.1 Å². The summed E-state index contributed by atoms with van der Waals surface area (Å²) in [5, 5.41) is 20.0. The molecule has 0 bridgehead atoms. The Morgan fingerprint density at radius 3 is 2.92 bits per heavy atom. The van der Waals surface area contributed by atoms with Gasteiger partial charge in [0.2, 0.25) is 0 Å². The first-order valence-corrected chi connectivity index (χ1v) is 12.6. The summed E-state index contributed by atoms with van der Waals surface area (Å²) < 4.78 is 4.17. The topological polar surface area (TPSA) is 133 Å². The number of hydrogen-bond donors (Lipinski definition) is 3. The number of nitrogens with two attached hydrogens (primary N) is 1. The van der Waals surface area contributed by atoms with Crippen LogP contribution in [0.15, 0.2) is 43.0 Å². The average molecular weight is 494 g/mol. The maximum absolute atomic E-state index is 10.2. The zero-order chi connectivity index (χ0) is 25.1. The van der Waals surface area contributed by atoms with E-state index in [1.165, 1.54) is 0 Å². The van der Waals surface area contributed by atoms with Gasteiger partial charge in [0.05, 0.1) is 18.3 Å². The number of aliphatic hydroxyl groups excluding tert-OH is 1. The minimum Gasteiger partial charge on any atom is -0.393 e. The molecule has 5 aromatic heterocycles. The third-order valence-corrected chi connectivity index (χ3v) is 7.55. The number of pyridine rings is 3. The van der Waals surface area contributed by atoms with Crippen LogP contribution in [0.4, 0.5) is 17.5 Å². The van der Waals surface area contributed by atoms with Crippen LogP contribution in [0.5, 0.6) is 0 Å². The Balaban J connectivity index is 1.22. The Hall–Kier alpha value is -4.31. The summed E-state index contributed by atoms with van der Waals surface area (Å²) in [6.07, 6.45) is 10.2. The average Bonchev–Trinajstić information content (AvgIpc) is 3.45. The highest BCUT2D eigenvalue weighted by atomic mass is 16.3. The number of rotatable bonds is 3. The molecule has 10 heteroatoms. The number of fused-ring (bicyclic) bond motifs is 4. The van der Waals surface area contributed by atoms with E-state index in [-0.39, 0.29) is 6.10 Å². The fourth-order valence-corrected chi connectivity index (χ4v) is 5.51. The molecule has 1 atom stereocenters. The molecular weight excluding hydrogens is 466 g/mol. The minimum atomic E-state index is -0.322. The first-order chi connectivity index (χ1) is 18.0. The molecule has 37 heavy (non-hydrogen) atoms. The highest BCUT2D eigenvalue weighted by Gasteiger charge is 2.22. The highest BCUT2D eigenvalue weighted by molar-refractivity contribution is 5.94. The molecule has 1 aliphatic heterocycles. The van der Waals surface area contributed by atoms with Gasteiger partial charge in [-0.2, -0.15) is 5.10 Å². The van der Waals surface area contributed by atoms with Gasteiger partial charge in [0.1, 0.15) is 17.5 Å². The summed E-state index contributed by atoms with van der Waals surface area (Å²) in [5.74, 6) is 2.86. The normalized spacial score (nSPS) is 16.6. The number of hydrogen-bond acceptors (Lipinski definition) is 8. The van der Waals surface area contributed by atoms with Gasteiger partial charge in [0.25, 0.3) is 0 Å². The first-order valence-electron chi connectivity index (χ1n) is 12.6. The fraction of sp³-hybridized carbons (Fsp3) is 0.296. The number of imidazole rings is 1. The number of aliphatic hydroxyl groups is 1. The van der Waals surface area contributed by atoms with Gasteiger partial charge in [-0.1, -0.05) is 0 Å². The molecule has 2 aliphatic rings. The van der Waals surface area contributed by atoms with Crippen molar-refractivity contribution >= 4 is 28.2 Å². The number of aryl methyl sites for hydroxylation is 3. The molecule has 10 nitrogen and oxygen atoms in total. The van der Waals surface area contributed by atoms with E-state index in [0.717, 1.165) is 82.0 Å². The SMILES string of the molecule is Cc1c(-c2cc3cc(Nc4cc5n(n4)Cc4nccn4CC5)ncc3c(N)n2)cnc2c1C[C@@H](O)CC2. The Kier molecular flexibility index (Phi) is 4.97. The summed E-state index contributed by atoms with van der Waals surface area (Å²) >= 11 is 0. The second kappa shape index (κ2) is 8.38. The largest absolute Gasteiger partial charge is 0.393 e. The number of nitrogen functional groups attached to an aromatic ring is 1. The van der Waals surface area contributed by atoms with Crippen molar-refractivity contribution in [2.45, 2.75) is 51.8 Å². The van der Waals surface area contributed by atoms with Gasteiger partial charge in [-0.25, -0.2) is 15.0 Å². The Bertz CT molecular complexity index is 1670. The van der Waals surface area contributed by atoms with Gasteiger partial charge < -0.3 is 20.7 Å². The van der Waals surface area contributed by atoms with Crippen LogP contribution in [0.1, 0.15) is 34.8 Å². The van der Waals surface area contributed by atoms with Crippen LogP contribution in [0.2, 0.25) is 0 Å². The van der Waals surface area contributed by atoms with Crippen molar-refractivity contribution in [1.82, 2.24) is 34.3 Å². The van der Waals surface area contributed by atoms with Gasteiger partial charge in [-0.15, -0.1) is 0 Å². The van der Waals surface area contributed by atoms with Crippen LogP contribution >= 0.6 is 0 Å². The van der Waals surface area contributed by atoms with Crippen LogP contribution in [0, 0.1) is 6.92 Å². The molecule has 0 saturated carbocycles. The lowest BCUT2D eigenvalue weighted by atomic mass is 9.88. The van der Waals surface area contributed by atoms with E-state index in [2.05, 4.69) is 42.8 Å². The van der Waals surface area contributed by atoms with Gasteiger partial charge in [-0.3, -0.25) is 9.67 Å². The maximum atomic E-state index is 10.2. The van der Waals surface area contributed by atoms with Crippen LogP contribution in [-0.2, 0) is 32.4 Å². The standard InChI is InChI=1S/C27H27N9O/c1-15-19-11-18(37)2-3-22(19)30-12-20(15)23-8-16-9-24(31-13-21(16)27(28)32-23)33-25-10-17-4-6-35-7-5-29-26(35)14-36(17)34-25/h5,7-10,12-13,18,37H,2-4,6,11,14H2,1H3,(H2,28,32)(H,31,33,34)/t18-/m0/s1. The zero-order valence-corrected chi connectivity index (χ0v) is 20.5. The van der Waals surface area contributed by atoms with Gasteiger partial charge >= 0.3 is 0 Å². The van der Waals surface area contributed by atoms with Crippen molar-refractivity contribution < 1.29 is 5.11 Å². The van der Waals surface area contributed by atoms with E-state index in [1.54, 1.807) is 6.20 Å². The van der Waals surface area contributed by atoms with Crippen molar-refractivity contribution in [1.29, 1.82) is 0 Å². The predicted molar refractivity (Wildman–Crippen MR) is 140 cm³/mol. The number of nitrogens with zero attached hydrogens (tertiary/aromatic N) is 7. The molecule has 1 aliphatic carbocycles. The molecule has 7 rings (SSSR count). The summed E-state index contributed by atoms with van der Waals surface area (Å²) in [6, 6.07) is 6.07. The third-order valence-electron chi connectivity index (χ3n) is 7.55. The van der Waals surface area contributed by atoms with E-state index in [1.807, 2.05) is 35.4 Å². The molecule has 0 unspecified atom stereocenters. The second-order valence-electron chi connectivity index (χ2n) is 9.89. The van der Waals surface area contributed by atoms with Gasteiger partial charge in [0.15, 0.2) is 5.82 Å². The molecule has 4 N–H and O–H groups in total. The molecular formula is C27H27N9O. The fourth-order valence-electron chi connectivity index (χ4n) is 5.51. The lowest BCUT2D eigenvalue weighted by molar-refractivity contribution is 0.157. The van der Waals surface area contributed by atoms with Crippen LogP contribution < -0.4 is 11.1 Å². The molecule has 0 spiro atoms. The zero-order valence-electron chi connectivity index (χ0n) is 20.5. The lowest BCUT2D eigenvalue weighted by Crippen LogP contribution is -2.21. The number of aromatic nitrogens is 7. The highest BCUT2D eigenvalue weighted by Crippen LogP contribution is 2.33. The molecule has 186 valence electrons. The summed E-state index contributed by atoms with van der Waals surface area (Å²) in [4.78, 5) is 18.4. The van der Waals surface area contributed by atoms with E-state index >= 15 is 0 Å². The lowest BCUT2D eigenvalue weighted by Gasteiger charge is -2.23. The van der Waals surface area contributed by atoms with E-state index in [9.17, 15) is 5.11 Å². The summed E-state index contributed by atoms with van der Waals surface area (Å²) in [5.41, 5.74) is 12.5. The molecule has 0 amide bonds. The van der Waals surface area contributed by atoms with Crippen molar-refractivity contribution in [3.05, 3.63) is 71.3 Å². The van der Waals surface area contributed by atoms with Gasteiger partial charge in [-0.05, 0) is 48.4 Å². The second-order valence-corrected chi connectivity index (χ2v) is 9.89. The molecule has 0 radical (unpaired) electrons. The molecule has 6 heterocycles. The van der Waals surface area contributed by atoms with Crippen LogP contribution in [0.3, 0.4) is 0 Å². The van der Waals surface area contributed by atoms with Crippen LogP contribution in [-0.4, -0.2) is 45.5 Å². The first kappa shape index (κ1) is 21.9. The van der Waals surface area contributed by atoms with Gasteiger partial charge in [0, 0.05) is 72.6 Å². The summed E-state index contributed by atoms with van der Waals surface area (Å²) in [7, 11) is 0. The smallest absolute Gasteiger partial charge is 0.153 e. The third kappa shape index (κ3) is 3.80. The van der Waals surface area contributed by atoms with Crippen molar-refractivity contribution in [2.24, 2.45) is 0 Å². The minimum absolute atomic E-state index is 0.322. The molecule has 5 aromatic rings. The van der Waals surface area contributed by atoms with E-state index in [0.29, 0.717) is 24.6 Å². The summed E-state index contributed by atoms with van der Waals surface area (Å²) in [6.45, 7) is 3.61. The molecule has 0 aromatic carbocycles. The van der Waals surface area contributed by atoms with Crippen LogP contribution in [0.25, 0.3) is 22.0 Å². The monoisotopic (exact) mass is 493 g/mol. The number of nitrogens with one attached hydrogen (secondary N) is 1. The maximum Gasteiger partial charge on any atom is 0.153 e. The predicted octanol–water partition coefficient (Wildman–Crippen LogP) is 3.17. The van der Waals surface area contributed by atoms with E-state index < -0.39 is 0 Å². The molecule has 0 saturated heterocycles. The Morgan fingerprint density at radius 2 is 2.00 bits per heavy atom. The Morgan fingerprint density at radius 1 is 1.08 bits per heavy atom. The number of anilines is 3. The Labute approximate surface area is 213 Å².